The van der Waals surface area contributed by atoms with E-state index in [1.807, 2.05) is 11.0 Å². The first kappa shape index (κ1) is 27.7. The van der Waals surface area contributed by atoms with Crippen LogP contribution in [-0.2, 0) is 17.5 Å². The molecule has 0 aromatic heterocycles. The summed E-state index contributed by atoms with van der Waals surface area (Å²) in [6.45, 7) is 1.64. The number of likely N-dealkylation sites (N-methyl/N-ethyl adjacent to an activating group) is 1. The normalized spacial score (nSPS) is 18.5. The Labute approximate surface area is 211 Å². The van der Waals surface area contributed by atoms with Gasteiger partial charge >= 0.3 is 6.18 Å². The Morgan fingerprint density at radius 1 is 1.17 bits per heavy atom. The van der Waals surface area contributed by atoms with E-state index in [1.54, 1.807) is 24.1 Å². The predicted molar refractivity (Wildman–Crippen MR) is 127 cm³/mol. The fourth-order valence-electron chi connectivity index (χ4n) is 4.31. The summed E-state index contributed by atoms with van der Waals surface area (Å²) in [5.41, 5.74) is -0.0383. The summed E-state index contributed by atoms with van der Waals surface area (Å²) in [5.74, 6) is -1.57. The van der Waals surface area contributed by atoms with Crippen molar-refractivity contribution in [1.29, 1.82) is 0 Å². The van der Waals surface area contributed by atoms with Crippen LogP contribution in [0.1, 0.15) is 29.0 Å². The van der Waals surface area contributed by atoms with E-state index in [1.165, 1.54) is 6.07 Å². The number of carbonyl (C=O) groups excluding carboxylic acids is 1. The predicted octanol–water partition coefficient (Wildman–Crippen LogP) is 4.55. The molecule has 0 aliphatic carbocycles. The number of halogens is 6. The summed E-state index contributed by atoms with van der Waals surface area (Å²) >= 11 is 12.3. The topological polar surface area (TPSA) is 55.8 Å². The zero-order chi connectivity index (χ0) is 25.8. The maximum Gasteiger partial charge on any atom is 0.419 e. The second-order valence-electron chi connectivity index (χ2n) is 8.63. The highest BCUT2D eigenvalue weighted by molar-refractivity contribution is 6.42. The number of alkyl halides is 3. The summed E-state index contributed by atoms with van der Waals surface area (Å²) in [5, 5.41) is 12.7. The molecule has 0 bridgehead atoms. The minimum Gasteiger partial charge on any atom is -0.396 e. The summed E-state index contributed by atoms with van der Waals surface area (Å²) in [7, 11) is 1.79. The second-order valence-corrected chi connectivity index (χ2v) is 9.44. The van der Waals surface area contributed by atoms with Gasteiger partial charge in [0.2, 0.25) is 5.91 Å². The lowest BCUT2D eigenvalue weighted by molar-refractivity contribution is -0.140. The number of aliphatic hydroxyl groups is 1. The Kier molecular flexibility index (Phi) is 9.40. The minimum atomic E-state index is -4.76. The van der Waals surface area contributed by atoms with Crippen molar-refractivity contribution in [1.82, 2.24) is 15.1 Å². The van der Waals surface area contributed by atoms with Gasteiger partial charge in [0.1, 0.15) is 5.82 Å². The SMILES string of the molecule is CN(Cc1ccc(C(F)(F)F)c(F)c1)[C@H]1CN(C(=O)CNCCCO)C[C@@H]1c1ccc(Cl)c(Cl)c1. The lowest BCUT2D eigenvalue weighted by Crippen LogP contribution is -2.40. The standard InChI is InChI=1S/C24H27Cl2F4N3O2/c1-32(12-15-3-5-18(21(27)9-15)24(28,29)30)22-14-33(23(35)11-31-7-2-8-34)13-17(22)16-4-6-19(25)20(26)10-16/h3-6,9-10,17,22,31,34H,2,7-8,11-14H2,1H3/t17-,22+/m1/s1. The Morgan fingerprint density at radius 2 is 1.91 bits per heavy atom. The molecule has 1 aliphatic rings. The number of carbonyl (C=O) groups is 1. The summed E-state index contributed by atoms with van der Waals surface area (Å²) in [6, 6.07) is 7.99. The molecule has 2 N–H and O–H groups in total. The van der Waals surface area contributed by atoms with Gasteiger partial charge in [0.15, 0.2) is 0 Å². The average Bonchev–Trinajstić information content (AvgIpc) is 3.23. The van der Waals surface area contributed by atoms with Crippen LogP contribution in [0.25, 0.3) is 0 Å². The van der Waals surface area contributed by atoms with Crippen LogP contribution in [0, 0.1) is 5.82 Å². The van der Waals surface area contributed by atoms with Gasteiger partial charge in [-0.05, 0) is 55.4 Å². The number of amides is 1. The average molecular weight is 536 g/mol. The number of hydrogen-bond acceptors (Lipinski definition) is 4. The van der Waals surface area contributed by atoms with Crippen molar-refractivity contribution in [3.8, 4) is 0 Å². The monoisotopic (exact) mass is 535 g/mol. The fraction of sp³-hybridized carbons (Fsp3) is 0.458. The van der Waals surface area contributed by atoms with Crippen LogP contribution >= 0.6 is 23.2 Å². The van der Waals surface area contributed by atoms with Crippen molar-refractivity contribution in [2.75, 3.05) is 39.8 Å². The molecule has 3 rings (SSSR count). The summed E-state index contributed by atoms with van der Waals surface area (Å²) < 4.78 is 52.8. The molecule has 2 atom stereocenters. The number of likely N-dealkylation sites (tertiary alicyclic amines) is 1. The van der Waals surface area contributed by atoms with Gasteiger partial charge < -0.3 is 15.3 Å². The molecule has 1 amide bonds. The van der Waals surface area contributed by atoms with Crippen molar-refractivity contribution in [2.45, 2.75) is 31.1 Å². The highest BCUT2D eigenvalue weighted by Gasteiger charge is 2.39. The van der Waals surface area contributed by atoms with Crippen molar-refractivity contribution in [3.05, 3.63) is 69.0 Å². The van der Waals surface area contributed by atoms with Crippen molar-refractivity contribution in [2.24, 2.45) is 0 Å². The van der Waals surface area contributed by atoms with Crippen LogP contribution < -0.4 is 5.32 Å². The van der Waals surface area contributed by atoms with Crippen molar-refractivity contribution >= 4 is 29.1 Å². The Bertz CT molecular complexity index is 1040. The van der Waals surface area contributed by atoms with E-state index in [4.69, 9.17) is 28.3 Å². The second kappa shape index (κ2) is 11.9. The maximum atomic E-state index is 14.1. The molecule has 1 heterocycles. The van der Waals surface area contributed by atoms with Gasteiger partial charge in [0.25, 0.3) is 0 Å². The molecule has 35 heavy (non-hydrogen) atoms. The first-order chi connectivity index (χ1) is 16.5. The van der Waals surface area contributed by atoms with Crippen LogP contribution in [0.2, 0.25) is 10.0 Å². The first-order valence-corrected chi connectivity index (χ1v) is 11.9. The van der Waals surface area contributed by atoms with Gasteiger partial charge in [-0.25, -0.2) is 4.39 Å². The van der Waals surface area contributed by atoms with Gasteiger partial charge in [-0.2, -0.15) is 13.2 Å². The lowest BCUT2D eigenvalue weighted by Gasteiger charge is -2.29. The third-order valence-corrected chi connectivity index (χ3v) is 6.88. The maximum absolute atomic E-state index is 14.1. The quantitative estimate of drug-likeness (QED) is 0.365. The van der Waals surface area contributed by atoms with Gasteiger partial charge in [-0.1, -0.05) is 35.3 Å². The van der Waals surface area contributed by atoms with Crippen LogP contribution in [-0.4, -0.2) is 66.7 Å². The largest absolute Gasteiger partial charge is 0.419 e. The van der Waals surface area contributed by atoms with E-state index in [9.17, 15) is 22.4 Å². The Hall–Kier alpha value is -1.91. The number of benzene rings is 2. The Balaban J connectivity index is 1.79. The molecular formula is C24H27Cl2F4N3O2. The van der Waals surface area contributed by atoms with E-state index < -0.39 is 17.6 Å². The highest BCUT2D eigenvalue weighted by Crippen LogP contribution is 2.35. The van der Waals surface area contributed by atoms with E-state index in [2.05, 4.69) is 5.32 Å². The summed E-state index contributed by atoms with van der Waals surface area (Å²) in [6.07, 6.45) is -4.22. The molecule has 192 valence electrons. The van der Waals surface area contributed by atoms with Gasteiger partial charge in [0, 0.05) is 38.2 Å². The highest BCUT2D eigenvalue weighted by atomic mass is 35.5. The van der Waals surface area contributed by atoms with E-state index >= 15 is 0 Å². The number of aliphatic hydroxyl groups excluding tert-OH is 1. The zero-order valence-corrected chi connectivity index (χ0v) is 20.6. The molecule has 1 aliphatic heterocycles. The third kappa shape index (κ3) is 7.07. The number of hydrogen-bond donors (Lipinski definition) is 2. The molecule has 0 unspecified atom stereocenters. The fourth-order valence-corrected chi connectivity index (χ4v) is 4.62. The molecule has 11 heteroatoms. The van der Waals surface area contributed by atoms with Crippen molar-refractivity contribution < 1.29 is 27.5 Å². The first-order valence-electron chi connectivity index (χ1n) is 11.1. The molecular weight excluding hydrogens is 509 g/mol. The summed E-state index contributed by atoms with van der Waals surface area (Å²) in [4.78, 5) is 16.4. The number of nitrogens with zero attached hydrogens (tertiary/aromatic N) is 2. The molecule has 0 saturated carbocycles. The minimum absolute atomic E-state index is 0.0295. The van der Waals surface area contributed by atoms with Crippen LogP contribution in [0.4, 0.5) is 17.6 Å². The van der Waals surface area contributed by atoms with Crippen LogP contribution in [0.15, 0.2) is 36.4 Å². The molecule has 2 aromatic rings. The smallest absolute Gasteiger partial charge is 0.396 e. The van der Waals surface area contributed by atoms with Gasteiger partial charge in [-0.3, -0.25) is 9.69 Å². The Morgan fingerprint density at radius 3 is 2.54 bits per heavy atom. The van der Waals surface area contributed by atoms with Crippen LogP contribution in [0.5, 0.6) is 0 Å². The lowest BCUT2D eigenvalue weighted by atomic mass is 9.93. The van der Waals surface area contributed by atoms with Crippen molar-refractivity contribution in [3.63, 3.8) is 0 Å². The molecule has 1 saturated heterocycles. The van der Waals surface area contributed by atoms with Gasteiger partial charge in [-0.15, -0.1) is 0 Å². The third-order valence-electron chi connectivity index (χ3n) is 6.14. The van der Waals surface area contributed by atoms with Crippen LogP contribution in [0.3, 0.4) is 0 Å². The molecule has 0 spiro atoms. The zero-order valence-electron chi connectivity index (χ0n) is 19.1. The molecule has 1 fully saturated rings. The van der Waals surface area contributed by atoms with E-state index in [-0.39, 0.29) is 37.6 Å². The molecule has 0 radical (unpaired) electrons. The van der Waals surface area contributed by atoms with E-state index in [0.29, 0.717) is 41.7 Å². The number of rotatable bonds is 9. The van der Waals surface area contributed by atoms with Gasteiger partial charge in [0.05, 0.1) is 22.2 Å². The molecule has 5 nitrogen and oxygen atoms in total. The number of nitrogens with one attached hydrogen (secondary N) is 1. The molecule has 2 aromatic carbocycles. The van der Waals surface area contributed by atoms with E-state index in [0.717, 1.165) is 17.7 Å².